The van der Waals surface area contributed by atoms with Crippen molar-refractivity contribution in [1.29, 1.82) is 0 Å². The highest BCUT2D eigenvalue weighted by Gasteiger charge is 2.36. The van der Waals surface area contributed by atoms with Crippen molar-refractivity contribution in [2.45, 2.75) is 38.8 Å². The molecule has 3 rings (SSSR count). The minimum Gasteiger partial charge on any atom is -0.487 e. The summed E-state index contributed by atoms with van der Waals surface area (Å²) in [5.74, 6) is 1.56. The summed E-state index contributed by atoms with van der Waals surface area (Å²) < 4.78 is 6.01. The van der Waals surface area contributed by atoms with Crippen LogP contribution in [0.25, 0.3) is 0 Å². The molecule has 2 unspecified atom stereocenters. The molecule has 1 aromatic rings. The third-order valence-corrected chi connectivity index (χ3v) is 4.63. The molecule has 4 heteroatoms. The van der Waals surface area contributed by atoms with E-state index in [0.29, 0.717) is 5.92 Å². The molecule has 4 nitrogen and oxygen atoms in total. The molecule has 114 valence electrons. The summed E-state index contributed by atoms with van der Waals surface area (Å²) in [4.78, 5) is 12.5. The molecule has 0 bridgehead atoms. The summed E-state index contributed by atoms with van der Waals surface area (Å²) in [6, 6.07) is 8.04. The van der Waals surface area contributed by atoms with Gasteiger partial charge in [-0.25, -0.2) is 0 Å². The van der Waals surface area contributed by atoms with Gasteiger partial charge in [-0.05, 0) is 38.9 Å². The average molecular weight is 288 g/mol. The normalized spacial score (nSPS) is 25.2. The van der Waals surface area contributed by atoms with Gasteiger partial charge in [-0.1, -0.05) is 25.1 Å². The van der Waals surface area contributed by atoms with Gasteiger partial charge < -0.3 is 15.4 Å². The number of benzene rings is 1. The molecule has 1 aromatic carbocycles. The van der Waals surface area contributed by atoms with E-state index < -0.39 is 0 Å². The Morgan fingerprint density at radius 3 is 2.76 bits per heavy atom. The highest BCUT2D eigenvalue weighted by atomic mass is 16.5. The first-order chi connectivity index (χ1) is 9.96. The Hall–Kier alpha value is -1.55. The Morgan fingerprint density at radius 1 is 1.38 bits per heavy atom. The summed E-state index contributed by atoms with van der Waals surface area (Å²) in [5, 5.41) is 6.46. The van der Waals surface area contributed by atoms with Crippen molar-refractivity contribution in [3.05, 3.63) is 29.8 Å². The Balaban J connectivity index is 1.76. The van der Waals surface area contributed by atoms with Crippen LogP contribution in [-0.2, 0) is 4.79 Å². The lowest BCUT2D eigenvalue weighted by molar-refractivity contribution is -0.128. The van der Waals surface area contributed by atoms with Crippen LogP contribution >= 0.6 is 0 Å². The van der Waals surface area contributed by atoms with Crippen molar-refractivity contribution in [3.63, 3.8) is 0 Å². The molecule has 0 spiro atoms. The highest BCUT2D eigenvalue weighted by molar-refractivity contribution is 5.79. The van der Waals surface area contributed by atoms with Crippen LogP contribution in [0.3, 0.4) is 0 Å². The lowest BCUT2D eigenvalue weighted by atomic mass is 9.86. The van der Waals surface area contributed by atoms with Crippen molar-refractivity contribution >= 4 is 5.91 Å². The number of nitrogens with one attached hydrogen (secondary N) is 2. The van der Waals surface area contributed by atoms with Crippen molar-refractivity contribution < 1.29 is 9.53 Å². The van der Waals surface area contributed by atoms with Crippen LogP contribution in [0.2, 0.25) is 0 Å². The van der Waals surface area contributed by atoms with Crippen LogP contribution in [0.4, 0.5) is 0 Å². The van der Waals surface area contributed by atoms with Gasteiger partial charge in [-0.15, -0.1) is 0 Å². The maximum absolute atomic E-state index is 12.5. The maximum Gasteiger partial charge on any atom is 0.223 e. The number of amides is 1. The van der Waals surface area contributed by atoms with Crippen molar-refractivity contribution in [1.82, 2.24) is 10.6 Å². The fourth-order valence-electron chi connectivity index (χ4n) is 3.11. The van der Waals surface area contributed by atoms with Crippen LogP contribution in [0.1, 0.15) is 38.8 Å². The standard InChI is InChI=1S/C17H24N2O2/c1-11(12-9-18-10-12)16(20)19-14-8-17(2,3)21-15-7-5-4-6-13(14)15/h4-7,11-12,14,18H,8-10H2,1-3H3,(H,19,20). The molecule has 1 amide bonds. The number of carbonyl (C=O) groups excluding carboxylic acids is 1. The monoisotopic (exact) mass is 288 g/mol. The lowest BCUT2D eigenvalue weighted by Crippen LogP contribution is -2.51. The van der Waals surface area contributed by atoms with Gasteiger partial charge in [0.15, 0.2) is 0 Å². The lowest BCUT2D eigenvalue weighted by Gasteiger charge is -2.39. The fourth-order valence-corrected chi connectivity index (χ4v) is 3.11. The van der Waals surface area contributed by atoms with Crippen LogP contribution < -0.4 is 15.4 Å². The number of fused-ring (bicyclic) bond motifs is 1. The Bertz CT molecular complexity index is 537. The summed E-state index contributed by atoms with van der Waals surface area (Å²) in [7, 11) is 0. The molecular formula is C17H24N2O2. The molecule has 1 saturated heterocycles. The zero-order chi connectivity index (χ0) is 15.0. The number of ether oxygens (including phenoxy) is 1. The molecule has 2 atom stereocenters. The minimum absolute atomic E-state index is 0.0351. The minimum atomic E-state index is -0.256. The van der Waals surface area contributed by atoms with E-state index in [-0.39, 0.29) is 23.5 Å². The predicted octanol–water partition coefficient (Wildman–Crippen LogP) is 2.26. The summed E-state index contributed by atoms with van der Waals surface area (Å²) in [6.07, 6.45) is 0.797. The Kier molecular flexibility index (Phi) is 3.66. The Morgan fingerprint density at radius 2 is 2.10 bits per heavy atom. The summed E-state index contributed by atoms with van der Waals surface area (Å²) in [5.41, 5.74) is 0.831. The van der Waals surface area contributed by atoms with E-state index in [4.69, 9.17) is 4.74 Å². The zero-order valence-electron chi connectivity index (χ0n) is 13.0. The molecule has 0 radical (unpaired) electrons. The van der Waals surface area contributed by atoms with Crippen molar-refractivity contribution in [2.24, 2.45) is 11.8 Å². The molecule has 2 aliphatic rings. The molecule has 1 fully saturated rings. The first kappa shape index (κ1) is 14.4. The van der Waals surface area contributed by atoms with Gasteiger partial charge in [0.2, 0.25) is 5.91 Å². The van der Waals surface area contributed by atoms with Crippen molar-refractivity contribution in [2.75, 3.05) is 13.1 Å². The second-order valence-corrected chi connectivity index (χ2v) is 6.87. The number of carbonyl (C=O) groups is 1. The van der Waals surface area contributed by atoms with Crippen molar-refractivity contribution in [3.8, 4) is 5.75 Å². The molecule has 2 aliphatic heterocycles. The molecule has 0 aromatic heterocycles. The van der Waals surface area contributed by atoms with Crippen LogP contribution in [0.15, 0.2) is 24.3 Å². The van der Waals surface area contributed by atoms with E-state index in [1.54, 1.807) is 0 Å². The van der Waals surface area contributed by atoms with Crippen LogP contribution in [0, 0.1) is 11.8 Å². The first-order valence-corrected chi connectivity index (χ1v) is 7.75. The fraction of sp³-hybridized carbons (Fsp3) is 0.588. The van der Waals surface area contributed by atoms with E-state index in [2.05, 4.69) is 24.5 Å². The number of rotatable bonds is 3. The molecule has 21 heavy (non-hydrogen) atoms. The van der Waals surface area contributed by atoms with Gasteiger partial charge in [-0.3, -0.25) is 4.79 Å². The molecule has 0 aliphatic carbocycles. The zero-order valence-corrected chi connectivity index (χ0v) is 13.0. The average Bonchev–Trinajstić information content (AvgIpc) is 2.35. The highest BCUT2D eigenvalue weighted by Crippen LogP contribution is 2.39. The third-order valence-electron chi connectivity index (χ3n) is 4.63. The Labute approximate surface area is 126 Å². The van der Waals surface area contributed by atoms with Crippen LogP contribution in [-0.4, -0.2) is 24.6 Å². The third kappa shape index (κ3) is 2.91. The van der Waals surface area contributed by atoms with Gasteiger partial charge in [-0.2, -0.15) is 0 Å². The summed E-state index contributed by atoms with van der Waals surface area (Å²) >= 11 is 0. The van der Waals surface area contributed by atoms with E-state index in [1.807, 2.05) is 31.2 Å². The molecule has 2 N–H and O–H groups in total. The largest absolute Gasteiger partial charge is 0.487 e. The number of para-hydroxylation sites is 1. The SMILES string of the molecule is CC(C(=O)NC1CC(C)(C)Oc2ccccc21)C1CNC1. The molecular weight excluding hydrogens is 264 g/mol. The second kappa shape index (κ2) is 5.34. The second-order valence-electron chi connectivity index (χ2n) is 6.87. The van der Waals surface area contributed by atoms with Gasteiger partial charge >= 0.3 is 0 Å². The van der Waals surface area contributed by atoms with Crippen LogP contribution in [0.5, 0.6) is 5.75 Å². The van der Waals surface area contributed by atoms with Gasteiger partial charge in [0, 0.05) is 17.9 Å². The van der Waals surface area contributed by atoms with Gasteiger partial charge in [0.1, 0.15) is 11.4 Å². The van der Waals surface area contributed by atoms with Gasteiger partial charge in [0.25, 0.3) is 0 Å². The molecule has 2 heterocycles. The van der Waals surface area contributed by atoms with E-state index in [9.17, 15) is 4.79 Å². The summed E-state index contributed by atoms with van der Waals surface area (Å²) in [6.45, 7) is 8.06. The maximum atomic E-state index is 12.5. The molecule has 0 saturated carbocycles. The van der Waals surface area contributed by atoms with Gasteiger partial charge in [0.05, 0.1) is 6.04 Å². The smallest absolute Gasteiger partial charge is 0.223 e. The van der Waals surface area contributed by atoms with E-state index in [1.165, 1.54) is 0 Å². The topological polar surface area (TPSA) is 50.4 Å². The van der Waals surface area contributed by atoms with E-state index in [0.717, 1.165) is 30.8 Å². The number of hydrogen-bond acceptors (Lipinski definition) is 3. The first-order valence-electron chi connectivity index (χ1n) is 7.75. The predicted molar refractivity (Wildman–Crippen MR) is 82.2 cm³/mol. The van der Waals surface area contributed by atoms with E-state index >= 15 is 0 Å². The quantitative estimate of drug-likeness (QED) is 0.897. The number of hydrogen-bond donors (Lipinski definition) is 2.